The lowest BCUT2D eigenvalue weighted by Crippen LogP contribution is -2.38. The number of fused-ring (bicyclic) bond motifs is 1. The minimum Gasteiger partial charge on any atom is -0.508 e. The summed E-state index contributed by atoms with van der Waals surface area (Å²) in [6, 6.07) is 5.50. The molecule has 0 saturated heterocycles. The van der Waals surface area contributed by atoms with E-state index in [9.17, 15) is 5.11 Å². The molecule has 2 rings (SSSR count). The number of phenolic OH excluding ortho intramolecular Hbond substituents is 1. The average molecular weight is 361 g/mol. The van der Waals surface area contributed by atoms with Gasteiger partial charge < -0.3 is 9.84 Å². The maximum atomic E-state index is 9.63. The van der Waals surface area contributed by atoms with Crippen molar-refractivity contribution in [1.82, 2.24) is 0 Å². The summed E-state index contributed by atoms with van der Waals surface area (Å²) in [6.07, 6.45) is 11.3. The van der Waals surface area contributed by atoms with Gasteiger partial charge in [-0.05, 0) is 67.7 Å². The lowest BCUT2D eigenvalue weighted by Gasteiger charge is -2.37. The molecule has 0 radical (unpaired) electrons. The molecular weight excluding hydrogens is 320 g/mol. The summed E-state index contributed by atoms with van der Waals surface area (Å²) in [6.45, 7) is 11.7. The Balaban J connectivity index is 1.70. The van der Waals surface area contributed by atoms with E-state index >= 15 is 0 Å². The van der Waals surface area contributed by atoms with E-state index in [-0.39, 0.29) is 5.60 Å². The van der Waals surface area contributed by atoms with Crippen molar-refractivity contribution in [2.45, 2.75) is 98.0 Å². The molecule has 0 aliphatic carbocycles. The molecule has 3 unspecified atom stereocenters. The van der Waals surface area contributed by atoms with Crippen LogP contribution in [0.1, 0.15) is 91.5 Å². The molecule has 1 aromatic rings. The zero-order valence-corrected chi connectivity index (χ0v) is 17.7. The Labute approximate surface area is 161 Å². The van der Waals surface area contributed by atoms with Gasteiger partial charge in [0.1, 0.15) is 17.1 Å². The molecule has 3 atom stereocenters. The fourth-order valence-corrected chi connectivity index (χ4v) is 4.39. The molecule has 1 aliphatic heterocycles. The molecule has 1 aromatic carbocycles. The zero-order valence-electron chi connectivity index (χ0n) is 17.7. The first-order valence-electron chi connectivity index (χ1n) is 10.8. The fraction of sp³-hybridized carbons (Fsp3) is 0.750. The Morgan fingerprint density at radius 2 is 1.65 bits per heavy atom. The van der Waals surface area contributed by atoms with E-state index in [1.165, 1.54) is 38.5 Å². The van der Waals surface area contributed by atoms with Crippen LogP contribution >= 0.6 is 0 Å². The highest BCUT2D eigenvalue weighted by Crippen LogP contribution is 2.38. The molecule has 0 saturated carbocycles. The summed E-state index contributed by atoms with van der Waals surface area (Å²) in [4.78, 5) is 0. The van der Waals surface area contributed by atoms with Gasteiger partial charge in [0.15, 0.2) is 0 Å². The number of aryl methyl sites for hydroxylation is 1. The van der Waals surface area contributed by atoms with Gasteiger partial charge >= 0.3 is 0 Å². The largest absolute Gasteiger partial charge is 0.508 e. The van der Waals surface area contributed by atoms with Crippen molar-refractivity contribution in [1.29, 1.82) is 0 Å². The highest BCUT2D eigenvalue weighted by Gasteiger charge is 2.33. The zero-order chi connectivity index (χ0) is 19.2. The predicted octanol–water partition coefficient (Wildman–Crippen LogP) is 7.13. The Kier molecular flexibility index (Phi) is 7.85. The first-order valence-corrected chi connectivity index (χ1v) is 10.8. The van der Waals surface area contributed by atoms with E-state index in [2.05, 4.69) is 34.6 Å². The standard InChI is InChI=1S/C24H40O2/c1-18(2)8-6-9-19(3)10-7-11-20(4)17-24(5)15-14-21-16-22(25)12-13-23(21)26-24/h12-13,16,18-20,25H,6-11,14-15,17H2,1-5H3. The molecular formula is C24H40O2. The number of rotatable bonds is 10. The van der Waals surface area contributed by atoms with Gasteiger partial charge in [0.05, 0.1) is 0 Å². The van der Waals surface area contributed by atoms with Crippen LogP contribution in [0, 0.1) is 17.8 Å². The highest BCUT2D eigenvalue weighted by atomic mass is 16.5. The summed E-state index contributed by atoms with van der Waals surface area (Å²) in [5.74, 6) is 3.70. The molecule has 0 bridgehead atoms. The molecule has 148 valence electrons. The van der Waals surface area contributed by atoms with Crippen molar-refractivity contribution < 1.29 is 9.84 Å². The van der Waals surface area contributed by atoms with Crippen LogP contribution in [-0.2, 0) is 6.42 Å². The van der Waals surface area contributed by atoms with E-state index in [0.29, 0.717) is 11.7 Å². The fourth-order valence-electron chi connectivity index (χ4n) is 4.39. The number of hydrogen-bond acceptors (Lipinski definition) is 2. The van der Waals surface area contributed by atoms with Crippen molar-refractivity contribution in [3.63, 3.8) is 0 Å². The molecule has 1 heterocycles. The average Bonchev–Trinajstić information content (AvgIpc) is 2.54. The number of hydrogen-bond donors (Lipinski definition) is 1. The van der Waals surface area contributed by atoms with E-state index < -0.39 is 0 Å². The summed E-state index contributed by atoms with van der Waals surface area (Å²) < 4.78 is 6.34. The summed E-state index contributed by atoms with van der Waals surface area (Å²) in [5, 5.41) is 9.63. The third-order valence-corrected chi connectivity index (χ3v) is 5.98. The Bertz CT molecular complexity index is 551. The van der Waals surface area contributed by atoms with Gasteiger partial charge in [-0.25, -0.2) is 0 Å². The van der Waals surface area contributed by atoms with Crippen molar-refractivity contribution >= 4 is 0 Å². The van der Waals surface area contributed by atoms with E-state index in [1.54, 1.807) is 6.07 Å². The maximum absolute atomic E-state index is 9.63. The van der Waals surface area contributed by atoms with Crippen LogP contribution < -0.4 is 4.74 Å². The van der Waals surface area contributed by atoms with Crippen molar-refractivity contribution in [3.05, 3.63) is 23.8 Å². The molecule has 0 amide bonds. The van der Waals surface area contributed by atoms with E-state index in [4.69, 9.17) is 4.74 Å². The van der Waals surface area contributed by atoms with Crippen LogP contribution in [-0.4, -0.2) is 10.7 Å². The van der Waals surface area contributed by atoms with Crippen LogP contribution in [0.4, 0.5) is 0 Å². The normalized spacial score (nSPS) is 21.9. The van der Waals surface area contributed by atoms with Gasteiger partial charge in [-0.15, -0.1) is 0 Å². The third kappa shape index (κ3) is 6.85. The van der Waals surface area contributed by atoms with Crippen LogP contribution in [0.25, 0.3) is 0 Å². The van der Waals surface area contributed by atoms with Crippen LogP contribution in [0.2, 0.25) is 0 Å². The highest BCUT2D eigenvalue weighted by molar-refractivity contribution is 5.41. The van der Waals surface area contributed by atoms with Crippen LogP contribution in [0.5, 0.6) is 11.5 Å². The monoisotopic (exact) mass is 360 g/mol. The molecule has 0 aromatic heterocycles. The molecule has 1 aliphatic rings. The molecule has 2 heteroatoms. The maximum Gasteiger partial charge on any atom is 0.123 e. The second kappa shape index (κ2) is 9.67. The Hall–Kier alpha value is -1.18. The second-order valence-corrected chi connectivity index (χ2v) is 9.51. The lowest BCUT2D eigenvalue weighted by molar-refractivity contribution is 0.0400. The minimum atomic E-state index is -0.0632. The molecule has 2 nitrogen and oxygen atoms in total. The summed E-state index contributed by atoms with van der Waals surface area (Å²) in [5.41, 5.74) is 1.08. The smallest absolute Gasteiger partial charge is 0.123 e. The van der Waals surface area contributed by atoms with E-state index in [1.807, 2.05) is 12.1 Å². The van der Waals surface area contributed by atoms with Crippen molar-refractivity contribution in [2.75, 3.05) is 0 Å². The van der Waals surface area contributed by atoms with Crippen molar-refractivity contribution in [2.24, 2.45) is 17.8 Å². The van der Waals surface area contributed by atoms with Gasteiger partial charge in [-0.3, -0.25) is 0 Å². The lowest BCUT2D eigenvalue weighted by atomic mass is 9.83. The molecule has 0 fully saturated rings. The number of aromatic hydroxyl groups is 1. The van der Waals surface area contributed by atoms with Crippen molar-refractivity contribution in [3.8, 4) is 11.5 Å². The minimum absolute atomic E-state index is 0.0632. The SMILES string of the molecule is CC(C)CCCC(C)CCCC(C)CC1(C)CCc2cc(O)ccc2O1. The predicted molar refractivity (Wildman–Crippen MR) is 111 cm³/mol. The second-order valence-electron chi connectivity index (χ2n) is 9.51. The molecule has 0 spiro atoms. The summed E-state index contributed by atoms with van der Waals surface area (Å²) in [7, 11) is 0. The van der Waals surface area contributed by atoms with Gasteiger partial charge in [-0.1, -0.05) is 66.2 Å². The van der Waals surface area contributed by atoms with Gasteiger partial charge in [0, 0.05) is 0 Å². The van der Waals surface area contributed by atoms with Gasteiger partial charge in [-0.2, -0.15) is 0 Å². The van der Waals surface area contributed by atoms with Gasteiger partial charge in [0.25, 0.3) is 0 Å². The Morgan fingerprint density at radius 1 is 1.00 bits per heavy atom. The van der Waals surface area contributed by atoms with Crippen LogP contribution in [0.15, 0.2) is 18.2 Å². The molecule has 26 heavy (non-hydrogen) atoms. The van der Waals surface area contributed by atoms with Gasteiger partial charge in [0.2, 0.25) is 0 Å². The first kappa shape index (κ1) is 21.1. The van der Waals surface area contributed by atoms with E-state index in [0.717, 1.165) is 42.4 Å². The number of phenols is 1. The number of ether oxygens (including phenoxy) is 1. The van der Waals surface area contributed by atoms with Crippen LogP contribution in [0.3, 0.4) is 0 Å². The summed E-state index contributed by atoms with van der Waals surface area (Å²) >= 11 is 0. The molecule has 1 N–H and O–H groups in total. The first-order chi connectivity index (χ1) is 12.3. The number of benzene rings is 1. The third-order valence-electron chi connectivity index (χ3n) is 5.98. The quantitative estimate of drug-likeness (QED) is 0.480. The Morgan fingerprint density at radius 3 is 2.35 bits per heavy atom. The topological polar surface area (TPSA) is 29.5 Å².